The predicted molar refractivity (Wildman–Crippen MR) is 94.7 cm³/mol. The van der Waals surface area contributed by atoms with Gasteiger partial charge in [0.15, 0.2) is 5.13 Å². The minimum Gasteiger partial charge on any atom is -0.361 e. The van der Waals surface area contributed by atoms with Crippen molar-refractivity contribution in [2.24, 2.45) is 0 Å². The first-order valence-electron chi connectivity index (χ1n) is 7.83. The van der Waals surface area contributed by atoms with Crippen molar-refractivity contribution in [3.8, 4) is 0 Å². The number of benzene rings is 1. The number of nitrogens with zero attached hydrogens (tertiary/aromatic N) is 2. The average Bonchev–Trinajstić information content (AvgIpc) is 3.13. The number of thiazole rings is 1. The second-order valence-electron chi connectivity index (χ2n) is 5.67. The molecule has 0 bridgehead atoms. The molecule has 0 atom stereocenters. The highest BCUT2D eigenvalue weighted by Crippen LogP contribution is 2.23. The lowest BCUT2D eigenvalue weighted by molar-refractivity contribution is 0.102. The molecule has 0 unspecified atom stereocenters. The first kappa shape index (κ1) is 16.4. The Balaban J connectivity index is 1.72. The van der Waals surface area contributed by atoms with Crippen molar-refractivity contribution in [1.82, 2.24) is 10.1 Å². The number of carbonyl (C=O) groups excluding carboxylic acids is 1. The number of nitrogens with one attached hydrogen (secondary N) is 1. The molecule has 2 aromatic heterocycles. The molecule has 0 radical (unpaired) electrons. The molecule has 1 amide bonds. The van der Waals surface area contributed by atoms with E-state index in [1.165, 1.54) is 22.5 Å². The first-order valence-corrected chi connectivity index (χ1v) is 8.65. The third kappa shape index (κ3) is 3.54. The van der Waals surface area contributed by atoms with E-state index in [0.717, 1.165) is 11.3 Å². The third-order valence-electron chi connectivity index (χ3n) is 3.73. The monoisotopic (exact) mass is 341 g/mol. The summed E-state index contributed by atoms with van der Waals surface area (Å²) >= 11 is 1.48. The summed E-state index contributed by atoms with van der Waals surface area (Å²) in [5, 5.41) is 7.35. The summed E-state index contributed by atoms with van der Waals surface area (Å²) in [5.74, 6) is 0.308. The van der Waals surface area contributed by atoms with Crippen LogP contribution in [0.25, 0.3) is 0 Å². The summed E-state index contributed by atoms with van der Waals surface area (Å²) in [6.45, 7) is 5.76. The van der Waals surface area contributed by atoms with Crippen LogP contribution in [0.2, 0.25) is 0 Å². The maximum absolute atomic E-state index is 12.4. The summed E-state index contributed by atoms with van der Waals surface area (Å²) < 4.78 is 5.11. The van der Waals surface area contributed by atoms with Crippen molar-refractivity contribution in [3.05, 3.63) is 63.5 Å². The minimum absolute atomic E-state index is 0.220. The smallest absolute Gasteiger partial charge is 0.262 e. The maximum Gasteiger partial charge on any atom is 0.262 e. The van der Waals surface area contributed by atoms with Crippen LogP contribution in [0.3, 0.4) is 0 Å². The fourth-order valence-corrected chi connectivity index (χ4v) is 3.42. The van der Waals surface area contributed by atoms with Crippen molar-refractivity contribution >= 4 is 22.4 Å². The van der Waals surface area contributed by atoms with Crippen molar-refractivity contribution in [2.75, 3.05) is 5.32 Å². The quantitative estimate of drug-likeness (QED) is 0.757. The Hall–Kier alpha value is -2.47. The largest absolute Gasteiger partial charge is 0.361 e. The predicted octanol–water partition coefficient (Wildman–Crippen LogP) is 4.15. The van der Waals surface area contributed by atoms with Gasteiger partial charge in [-0.2, -0.15) is 0 Å². The summed E-state index contributed by atoms with van der Waals surface area (Å²) in [5.41, 5.74) is 3.65. The van der Waals surface area contributed by atoms with E-state index in [9.17, 15) is 4.79 Å². The van der Waals surface area contributed by atoms with Crippen LogP contribution in [0.4, 0.5) is 5.13 Å². The van der Waals surface area contributed by atoms with Gasteiger partial charge < -0.3 is 4.52 Å². The van der Waals surface area contributed by atoms with E-state index in [-0.39, 0.29) is 5.91 Å². The molecule has 1 N–H and O–H groups in total. The topological polar surface area (TPSA) is 68.0 Å². The van der Waals surface area contributed by atoms with Gasteiger partial charge in [-0.15, -0.1) is 11.3 Å². The summed E-state index contributed by atoms with van der Waals surface area (Å²) in [6.07, 6.45) is 3.27. The molecule has 0 saturated heterocycles. The summed E-state index contributed by atoms with van der Waals surface area (Å²) in [7, 11) is 0. The molecule has 3 aromatic rings. The van der Waals surface area contributed by atoms with Gasteiger partial charge in [-0.3, -0.25) is 10.1 Å². The van der Waals surface area contributed by atoms with Crippen molar-refractivity contribution in [1.29, 1.82) is 0 Å². The molecule has 1 aromatic carbocycles. The normalized spacial score (nSPS) is 10.8. The van der Waals surface area contributed by atoms with Crippen LogP contribution in [-0.2, 0) is 12.8 Å². The Bertz CT molecular complexity index is 867. The lowest BCUT2D eigenvalue weighted by Crippen LogP contribution is -2.14. The second kappa shape index (κ2) is 6.97. The zero-order valence-electron chi connectivity index (χ0n) is 13.9. The minimum atomic E-state index is -0.220. The molecule has 0 spiro atoms. The van der Waals surface area contributed by atoms with Gasteiger partial charge >= 0.3 is 0 Å². The molecule has 0 fully saturated rings. The molecule has 0 aliphatic carbocycles. The van der Waals surface area contributed by atoms with Gasteiger partial charge in [0.2, 0.25) is 0 Å². The van der Waals surface area contributed by atoms with E-state index in [4.69, 9.17) is 4.52 Å². The summed E-state index contributed by atoms with van der Waals surface area (Å²) in [4.78, 5) is 17.9. The van der Waals surface area contributed by atoms with E-state index in [2.05, 4.69) is 46.6 Å². The van der Waals surface area contributed by atoms with E-state index < -0.39 is 0 Å². The Kier molecular flexibility index (Phi) is 4.76. The molecule has 124 valence electrons. The van der Waals surface area contributed by atoms with Crippen LogP contribution >= 0.6 is 11.3 Å². The highest BCUT2D eigenvalue weighted by atomic mass is 32.1. The fraction of sp³-hybridized carbons (Fsp3) is 0.278. The van der Waals surface area contributed by atoms with Crippen molar-refractivity contribution in [3.63, 3.8) is 0 Å². The Morgan fingerprint density at radius 1 is 1.33 bits per heavy atom. The summed E-state index contributed by atoms with van der Waals surface area (Å²) in [6, 6.07) is 8.38. The van der Waals surface area contributed by atoms with Gasteiger partial charge in [-0.1, -0.05) is 41.9 Å². The molecule has 24 heavy (non-hydrogen) atoms. The van der Waals surface area contributed by atoms with Crippen LogP contribution in [0.5, 0.6) is 0 Å². The molecule has 0 aliphatic heterocycles. The van der Waals surface area contributed by atoms with Crippen LogP contribution < -0.4 is 5.32 Å². The number of rotatable bonds is 5. The van der Waals surface area contributed by atoms with Gasteiger partial charge in [0.1, 0.15) is 11.3 Å². The fourth-order valence-electron chi connectivity index (χ4n) is 2.58. The van der Waals surface area contributed by atoms with Crippen LogP contribution in [-0.4, -0.2) is 16.0 Å². The van der Waals surface area contributed by atoms with E-state index in [1.807, 2.05) is 13.1 Å². The number of amides is 1. The zero-order valence-corrected chi connectivity index (χ0v) is 14.7. The molecule has 3 rings (SSSR count). The molecule has 6 heteroatoms. The maximum atomic E-state index is 12.4. The van der Waals surface area contributed by atoms with Crippen molar-refractivity contribution in [2.45, 2.75) is 33.6 Å². The number of carbonyl (C=O) groups is 1. The highest BCUT2D eigenvalue weighted by Gasteiger charge is 2.20. The molecule has 5 nitrogen and oxygen atoms in total. The van der Waals surface area contributed by atoms with E-state index in [1.54, 1.807) is 6.92 Å². The van der Waals surface area contributed by atoms with E-state index >= 15 is 0 Å². The van der Waals surface area contributed by atoms with Crippen LogP contribution in [0.15, 0.2) is 35.0 Å². The number of hydrogen-bond acceptors (Lipinski definition) is 5. The van der Waals surface area contributed by atoms with Gasteiger partial charge in [-0.25, -0.2) is 4.98 Å². The third-order valence-corrected chi connectivity index (χ3v) is 4.64. The molecule has 2 heterocycles. The van der Waals surface area contributed by atoms with Gasteiger partial charge in [0.25, 0.3) is 5.91 Å². The lowest BCUT2D eigenvalue weighted by Gasteiger charge is -2.01. The average molecular weight is 341 g/mol. The first-order chi connectivity index (χ1) is 11.6. The van der Waals surface area contributed by atoms with Gasteiger partial charge in [-0.05, 0) is 25.8 Å². The van der Waals surface area contributed by atoms with Gasteiger partial charge in [0.05, 0.1) is 5.69 Å². The number of aryl methyl sites for hydroxylation is 3. The SMILES string of the molecule is CCc1noc(C)c1C(=O)Nc1ncc(Cc2cccc(C)c2)s1. The molecule has 0 aliphatic rings. The second-order valence-corrected chi connectivity index (χ2v) is 6.78. The number of anilines is 1. The van der Waals surface area contributed by atoms with Crippen LogP contribution in [0, 0.1) is 13.8 Å². The van der Waals surface area contributed by atoms with Crippen molar-refractivity contribution < 1.29 is 9.32 Å². The number of aromatic nitrogens is 2. The van der Waals surface area contributed by atoms with Crippen LogP contribution in [0.1, 0.15) is 44.7 Å². The molecule has 0 saturated carbocycles. The lowest BCUT2D eigenvalue weighted by atomic mass is 10.1. The Morgan fingerprint density at radius 3 is 2.92 bits per heavy atom. The standard InChI is InChI=1S/C18H19N3O2S/c1-4-15-16(12(3)23-21-15)17(22)20-18-19-10-14(24-18)9-13-7-5-6-11(2)8-13/h5-8,10H,4,9H2,1-3H3,(H,19,20,22). The Morgan fingerprint density at radius 2 is 2.17 bits per heavy atom. The number of hydrogen-bond donors (Lipinski definition) is 1. The van der Waals surface area contributed by atoms with E-state index in [0.29, 0.717) is 28.6 Å². The Labute approximate surface area is 144 Å². The molecular weight excluding hydrogens is 322 g/mol. The molecular formula is C18H19N3O2S. The highest BCUT2D eigenvalue weighted by molar-refractivity contribution is 7.15. The van der Waals surface area contributed by atoms with Gasteiger partial charge in [0, 0.05) is 17.5 Å². The zero-order chi connectivity index (χ0) is 17.1.